The maximum absolute atomic E-state index is 10.9. The molecule has 0 N–H and O–H groups in total. The van der Waals surface area contributed by atoms with E-state index in [0.29, 0.717) is 0 Å². The molecule has 0 rings (SSSR count). The van der Waals surface area contributed by atoms with Gasteiger partial charge in [0.1, 0.15) is 0 Å². The summed E-state index contributed by atoms with van der Waals surface area (Å²) in [6, 6.07) is 0. The molecule has 0 amide bonds. The third-order valence-electron chi connectivity index (χ3n) is 0.515. The van der Waals surface area contributed by atoms with Crippen LogP contribution >= 0.6 is 0 Å². The Morgan fingerprint density at radius 1 is 0.818 bits per heavy atom. The Balaban J connectivity index is 0. The van der Waals surface area contributed by atoms with Gasteiger partial charge in [-0.05, 0) is 0 Å². The molecule has 1 nitrogen and oxygen atoms in total. The van der Waals surface area contributed by atoms with Crippen LogP contribution in [0.2, 0.25) is 0 Å². The molecular weight excluding hydrogens is 193 g/mol. The third-order valence-corrected chi connectivity index (χ3v) is 0.515. The first-order valence-electron chi connectivity index (χ1n) is 1.84. The second-order valence-corrected chi connectivity index (χ2v) is 1.32. The Kier molecular flexibility index (Phi) is 4.20. The predicted octanol–water partition coefficient (Wildman–Crippen LogP) is 0.496. The summed E-state index contributed by atoms with van der Waals surface area (Å²) in [6.45, 7) is 0. The Morgan fingerprint density at radius 2 is 1.00 bits per heavy atom. The van der Waals surface area contributed by atoms with Crippen molar-refractivity contribution in [3.8, 4) is 0 Å². The number of carbonyl (C=O) groups is 1. The fraction of sp³-hybridized carbons (Fsp3) is 0.667. The van der Waals surface area contributed by atoms with E-state index in [0.717, 1.165) is 0 Å². The lowest BCUT2D eigenvalue weighted by Gasteiger charge is -2.06. The fourth-order valence-electron chi connectivity index (χ4n) is 0.161. The van der Waals surface area contributed by atoms with Crippen LogP contribution in [0.3, 0.4) is 0 Å². The Hall–Kier alpha value is -0.218. The quantitative estimate of drug-likeness (QED) is 0.407. The molecule has 0 aliphatic rings. The first kappa shape index (κ1) is 13.4. The van der Waals surface area contributed by atoms with Gasteiger partial charge in [0, 0.05) is 0 Å². The molecule has 11 heavy (non-hydrogen) atoms. The molecule has 0 heterocycles. The van der Waals surface area contributed by atoms with Crippen LogP contribution in [0.4, 0.5) is 26.3 Å². The van der Waals surface area contributed by atoms with E-state index in [1.165, 1.54) is 0 Å². The van der Waals surface area contributed by atoms with Gasteiger partial charge < -0.3 is 0 Å². The Morgan fingerprint density at radius 3 is 1.00 bits per heavy atom. The number of hydrogen-bond acceptors (Lipinski definition) is 1. The molecule has 0 aliphatic heterocycles. The predicted molar refractivity (Wildman–Crippen MR) is 27.1 cm³/mol. The summed E-state index contributed by atoms with van der Waals surface area (Å²) in [5, 5.41) is 0. The normalized spacial score (nSPS) is 12.2. The van der Waals surface area contributed by atoms with E-state index in [1.54, 1.807) is 0 Å². The van der Waals surface area contributed by atoms with Crippen molar-refractivity contribution in [2.45, 2.75) is 12.4 Å². The highest BCUT2D eigenvalue weighted by Crippen LogP contribution is 2.28. The molecule has 0 unspecified atom stereocenters. The minimum absolute atomic E-state index is 0. The number of carbonyl (C=O) groups excluding carboxylic acids is 1. The molecule has 0 aliphatic carbocycles. The third kappa shape index (κ3) is 4.27. The first-order valence-corrected chi connectivity index (χ1v) is 1.84. The van der Waals surface area contributed by atoms with E-state index in [2.05, 4.69) is 0 Å². The minimum atomic E-state index is -5.82. The zero-order valence-electron chi connectivity index (χ0n) is 4.18. The van der Waals surface area contributed by atoms with Crippen LogP contribution in [-0.4, -0.2) is 35.5 Å². The molecule has 0 aromatic carbocycles. The highest BCUT2D eigenvalue weighted by atomic mass is 27.0. The van der Waals surface area contributed by atoms with Gasteiger partial charge in [-0.2, -0.15) is 26.3 Å². The van der Waals surface area contributed by atoms with Crippen LogP contribution in [0.1, 0.15) is 0 Å². The lowest BCUT2D eigenvalue weighted by Crippen LogP contribution is -2.36. The first-order chi connectivity index (χ1) is 4.15. The van der Waals surface area contributed by atoms with Crippen molar-refractivity contribution in [2.75, 3.05) is 0 Å². The molecule has 0 aromatic rings. The van der Waals surface area contributed by atoms with Crippen molar-refractivity contribution in [1.29, 1.82) is 0 Å². The van der Waals surface area contributed by atoms with E-state index < -0.39 is 18.1 Å². The summed E-state index contributed by atoms with van der Waals surface area (Å²) < 4.78 is 65.3. The van der Waals surface area contributed by atoms with Gasteiger partial charge in [0.25, 0.3) is 0 Å². The Bertz CT molecular complexity index is 129. The molecule has 0 aromatic heterocycles. The number of rotatable bonds is 0. The van der Waals surface area contributed by atoms with E-state index in [-0.39, 0.29) is 17.4 Å². The maximum atomic E-state index is 10.9. The molecule has 8 heteroatoms. The highest BCUT2D eigenvalue weighted by Gasteiger charge is 2.55. The average Bonchev–Trinajstić information content (AvgIpc) is 1.59. The summed E-state index contributed by atoms with van der Waals surface area (Å²) in [5.41, 5.74) is 0. The summed E-state index contributed by atoms with van der Waals surface area (Å²) in [6.07, 6.45) is -11.6. The number of Topliss-reactive ketones (excluding diaryl/α,β-unsaturated/α-hetero) is 1. The lowest BCUT2D eigenvalue weighted by molar-refractivity contribution is -0.217. The van der Waals surface area contributed by atoms with Gasteiger partial charge in [0.05, 0.1) is 0 Å². The molecule has 66 valence electrons. The van der Waals surface area contributed by atoms with E-state index in [9.17, 15) is 31.1 Å². The molecule has 0 saturated carbocycles. The molecule has 0 atom stereocenters. The molecule has 0 saturated heterocycles. The summed E-state index contributed by atoms with van der Waals surface area (Å²) in [7, 11) is 0. The SMILES string of the molecule is O=C(C(F)(F)F)C(F)(F)F.[AlH3]. The van der Waals surface area contributed by atoms with Gasteiger partial charge >= 0.3 is 18.1 Å². The fourth-order valence-corrected chi connectivity index (χ4v) is 0.161. The zero-order valence-corrected chi connectivity index (χ0v) is 4.18. The standard InChI is InChI=1S/C3F6O.Al.3H/c4-2(5,6)1(10)3(7,8)9;;;;. The van der Waals surface area contributed by atoms with Crippen LogP contribution in [-0.2, 0) is 4.79 Å². The zero-order chi connectivity index (χ0) is 8.58. The summed E-state index contributed by atoms with van der Waals surface area (Å²) in [4.78, 5) is 9.24. The van der Waals surface area contributed by atoms with Crippen molar-refractivity contribution < 1.29 is 31.1 Å². The topological polar surface area (TPSA) is 17.1 Å². The van der Waals surface area contributed by atoms with E-state index in [4.69, 9.17) is 0 Å². The monoisotopic (exact) mass is 196 g/mol. The number of alkyl halides is 6. The van der Waals surface area contributed by atoms with Crippen molar-refractivity contribution in [1.82, 2.24) is 0 Å². The van der Waals surface area contributed by atoms with Gasteiger partial charge in [-0.1, -0.05) is 0 Å². The molecule has 0 spiro atoms. The van der Waals surface area contributed by atoms with Crippen molar-refractivity contribution in [3.05, 3.63) is 0 Å². The van der Waals surface area contributed by atoms with Crippen LogP contribution in [0.25, 0.3) is 0 Å². The van der Waals surface area contributed by atoms with E-state index in [1.807, 2.05) is 0 Å². The average molecular weight is 196 g/mol. The van der Waals surface area contributed by atoms with E-state index >= 15 is 0 Å². The van der Waals surface area contributed by atoms with Crippen LogP contribution in [0.5, 0.6) is 0 Å². The summed E-state index contributed by atoms with van der Waals surface area (Å²) >= 11 is 0. The van der Waals surface area contributed by atoms with Crippen LogP contribution in [0, 0.1) is 0 Å². The number of ketones is 1. The second-order valence-electron chi connectivity index (χ2n) is 1.32. The molecular formula is C3H3AlF6O. The largest absolute Gasteiger partial charge is 0.459 e. The number of halogens is 6. The van der Waals surface area contributed by atoms with Gasteiger partial charge in [0.2, 0.25) is 0 Å². The molecule has 0 bridgehead atoms. The molecule has 0 radical (unpaired) electrons. The molecule has 0 fully saturated rings. The van der Waals surface area contributed by atoms with Gasteiger partial charge in [-0.15, -0.1) is 0 Å². The van der Waals surface area contributed by atoms with Gasteiger partial charge in [0.15, 0.2) is 17.4 Å². The smallest absolute Gasteiger partial charge is 0.279 e. The van der Waals surface area contributed by atoms with Gasteiger partial charge in [-0.3, -0.25) is 4.79 Å². The van der Waals surface area contributed by atoms with Crippen LogP contribution < -0.4 is 0 Å². The second kappa shape index (κ2) is 3.45. The lowest BCUT2D eigenvalue weighted by atomic mass is 10.4. The van der Waals surface area contributed by atoms with Gasteiger partial charge in [-0.25, -0.2) is 0 Å². The number of hydrogen-bond donors (Lipinski definition) is 0. The highest BCUT2D eigenvalue weighted by molar-refractivity contribution is 5.89. The Labute approximate surface area is 67.5 Å². The van der Waals surface area contributed by atoms with Crippen molar-refractivity contribution in [3.63, 3.8) is 0 Å². The maximum Gasteiger partial charge on any atom is 0.459 e. The van der Waals surface area contributed by atoms with Crippen molar-refractivity contribution >= 4 is 23.1 Å². The van der Waals surface area contributed by atoms with Crippen molar-refractivity contribution in [2.24, 2.45) is 0 Å². The van der Waals surface area contributed by atoms with Crippen LogP contribution in [0.15, 0.2) is 0 Å². The minimum Gasteiger partial charge on any atom is -0.279 e. The summed E-state index contributed by atoms with van der Waals surface area (Å²) in [5.74, 6) is -3.68.